The van der Waals surface area contributed by atoms with Gasteiger partial charge in [0.05, 0.1) is 11.6 Å². The van der Waals surface area contributed by atoms with Gasteiger partial charge in [-0.05, 0) is 18.6 Å². The van der Waals surface area contributed by atoms with Crippen LogP contribution in [0.2, 0.25) is 5.02 Å². The van der Waals surface area contributed by atoms with Gasteiger partial charge in [0.1, 0.15) is 24.0 Å². The summed E-state index contributed by atoms with van der Waals surface area (Å²) in [5.41, 5.74) is -0.958. The van der Waals surface area contributed by atoms with Crippen LogP contribution in [0.25, 0.3) is 0 Å². The van der Waals surface area contributed by atoms with Crippen molar-refractivity contribution < 1.29 is 10.2 Å². The van der Waals surface area contributed by atoms with Crippen LogP contribution in [-0.2, 0) is 12.1 Å². The standard InChI is InChI=1S/C12H14ClN3O2/c1-2-12(18,6-16-8-14-7-15-16)11-9(13)4-3-5-10(11)17/h3-5,7-8,17-18H,2,6H2,1H3. The van der Waals surface area contributed by atoms with Crippen molar-refractivity contribution in [1.82, 2.24) is 14.8 Å². The number of phenolic OH excluding ortho intramolecular Hbond substituents is 1. The van der Waals surface area contributed by atoms with E-state index >= 15 is 0 Å². The number of benzene rings is 1. The normalized spacial score (nSPS) is 14.4. The lowest BCUT2D eigenvalue weighted by Gasteiger charge is -2.28. The lowest BCUT2D eigenvalue weighted by Crippen LogP contribution is -2.31. The first-order valence-corrected chi connectivity index (χ1v) is 5.97. The van der Waals surface area contributed by atoms with Crippen LogP contribution in [0.3, 0.4) is 0 Å². The van der Waals surface area contributed by atoms with Gasteiger partial charge in [-0.25, -0.2) is 9.67 Å². The van der Waals surface area contributed by atoms with E-state index in [4.69, 9.17) is 11.6 Å². The number of aromatic hydroxyl groups is 1. The highest BCUT2D eigenvalue weighted by Crippen LogP contribution is 2.38. The molecule has 1 heterocycles. The Balaban J connectivity index is 2.43. The third-order valence-electron chi connectivity index (χ3n) is 2.93. The second-order valence-electron chi connectivity index (χ2n) is 4.11. The molecule has 2 rings (SSSR count). The molecule has 2 N–H and O–H groups in total. The van der Waals surface area contributed by atoms with E-state index < -0.39 is 5.60 Å². The van der Waals surface area contributed by atoms with E-state index in [9.17, 15) is 10.2 Å². The minimum absolute atomic E-state index is 0.0213. The zero-order chi connectivity index (χ0) is 13.2. The topological polar surface area (TPSA) is 71.2 Å². The molecule has 0 fully saturated rings. The maximum Gasteiger partial charge on any atom is 0.137 e. The first kappa shape index (κ1) is 12.9. The second-order valence-corrected chi connectivity index (χ2v) is 4.52. The first-order chi connectivity index (χ1) is 8.57. The molecule has 0 saturated carbocycles. The van der Waals surface area contributed by atoms with Gasteiger partial charge in [-0.2, -0.15) is 5.10 Å². The minimum atomic E-state index is -1.28. The van der Waals surface area contributed by atoms with Crippen molar-refractivity contribution in [3.63, 3.8) is 0 Å². The number of aromatic nitrogens is 3. The van der Waals surface area contributed by atoms with Crippen LogP contribution in [0.5, 0.6) is 5.75 Å². The lowest BCUT2D eigenvalue weighted by molar-refractivity contribution is 0.00901. The van der Waals surface area contributed by atoms with Gasteiger partial charge in [-0.15, -0.1) is 0 Å². The van der Waals surface area contributed by atoms with Crippen molar-refractivity contribution >= 4 is 11.6 Å². The monoisotopic (exact) mass is 267 g/mol. The Morgan fingerprint density at radius 3 is 2.78 bits per heavy atom. The molecule has 0 radical (unpaired) electrons. The molecule has 0 spiro atoms. The largest absolute Gasteiger partial charge is 0.508 e. The summed E-state index contributed by atoms with van der Waals surface area (Å²) in [6.07, 6.45) is 3.29. The number of nitrogens with zero attached hydrogens (tertiary/aromatic N) is 3. The van der Waals surface area contributed by atoms with Crippen molar-refractivity contribution in [2.45, 2.75) is 25.5 Å². The molecule has 6 heteroatoms. The molecule has 1 unspecified atom stereocenters. The highest BCUT2D eigenvalue weighted by atomic mass is 35.5. The molecule has 18 heavy (non-hydrogen) atoms. The summed E-state index contributed by atoms with van der Waals surface area (Å²) in [6.45, 7) is 2.00. The number of phenols is 1. The van der Waals surface area contributed by atoms with Gasteiger partial charge in [0.2, 0.25) is 0 Å². The molecule has 0 aliphatic heterocycles. The summed E-state index contributed by atoms with van der Waals surface area (Å²) in [5, 5.41) is 24.9. The molecule has 1 aromatic carbocycles. The predicted octanol–water partition coefficient (Wildman–Crippen LogP) is 1.93. The summed E-state index contributed by atoms with van der Waals surface area (Å²) in [7, 11) is 0. The number of hydrogen-bond donors (Lipinski definition) is 2. The molecule has 0 aliphatic carbocycles. The van der Waals surface area contributed by atoms with Gasteiger partial charge in [-0.3, -0.25) is 0 Å². The van der Waals surface area contributed by atoms with E-state index in [-0.39, 0.29) is 12.3 Å². The summed E-state index contributed by atoms with van der Waals surface area (Å²) in [4.78, 5) is 3.82. The molecule has 1 aromatic heterocycles. The van der Waals surface area contributed by atoms with Crippen molar-refractivity contribution in [2.75, 3.05) is 0 Å². The fourth-order valence-electron chi connectivity index (χ4n) is 1.92. The van der Waals surface area contributed by atoms with Crippen LogP contribution in [0.1, 0.15) is 18.9 Å². The van der Waals surface area contributed by atoms with Gasteiger partial charge in [0.25, 0.3) is 0 Å². The zero-order valence-corrected chi connectivity index (χ0v) is 10.7. The Labute approximate surface area is 110 Å². The van der Waals surface area contributed by atoms with Gasteiger partial charge >= 0.3 is 0 Å². The first-order valence-electron chi connectivity index (χ1n) is 5.59. The molecular formula is C12H14ClN3O2. The Morgan fingerprint density at radius 2 is 2.22 bits per heavy atom. The maximum absolute atomic E-state index is 10.7. The summed E-state index contributed by atoms with van der Waals surface area (Å²) in [5.74, 6) is -0.0213. The molecule has 2 aromatic rings. The van der Waals surface area contributed by atoms with Crippen LogP contribution in [-0.4, -0.2) is 25.0 Å². The van der Waals surface area contributed by atoms with Gasteiger partial charge in [0.15, 0.2) is 0 Å². The van der Waals surface area contributed by atoms with Crippen molar-refractivity contribution in [3.8, 4) is 5.75 Å². The van der Waals surface area contributed by atoms with E-state index in [1.807, 2.05) is 6.92 Å². The number of aliphatic hydroxyl groups is 1. The van der Waals surface area contributed by atoms with E-state index in [1.54, 1.807) is 12.1 Å². The highest BCUT2D eigenvalue weighted by molar-refractivity contribution is 6.31. The van der Waals surface area contributed by atoms with E-state index in [2.05, 4.69) is 10.1 Å². The second kappa shape index (κ2) is 4.96. The number of hydrogen-bond acceptors (Lipinski definition) is 4. The van der Waals surface area contributed by atoms with E-state index in [0.29, 0.717) is 17.0 Å². The Morgan fingerprint density at radius 1 is 1.44 bits per heavy atom. The van der Waals surface area contributed by atoms with Gasteiger partial charge < -0.3 is 10.2 Å². The van der Waals surface area contributed by atoms with E-state index in [0.717, 1.165) is 0 Å². The highest BCUT2D eigenvalue weighted by Gasteiger charge is 2.33. The van der Waals surface area contributed by atoms with Crippen molar-refractivity contribution in [3.05, 3.63) is 41.4 Å². The lowest BCUT2D eigenvalue weighted by atomic mass is 9.90. The predicted molar refractivity (Wildman–Crippen MR) is 67.3 cm³/mol. The number of rotatable bonds is 4. The average Bonchev–Trinajstić information content (AvgIpc) is 2.81. The van der Waals surface area contributed by atoms with Gasteiger partial charge in [0, 0.05) is 5.56 Å². The third kappa shape index (κ3) is 2.32. The van der Waals surface area contributed by atoms with Crippen molar-refractivity contribution in [2.24, 2.45) is 0 Å². The summed E-state index contributed by atoms with van der Waals surface area (Å²) in [6, 6.07) is 4.77. The van der Waals surface area contributed by atoms with E-state index in [1.165, 1.54) is 23.4 Å². The molecule has 0 saturated heterocycles. The zero-order valence-electron chi connectivity index (χ0n) is 9.91. The van der Waals surface area contributed by atoms with Crippen molar-refractivity contribution in [1.29, 1.82) is 0 Å². The van der Waals surface area contributed by atoms with Crippen LogP contribution in [0.4, 0.5) is 0 Å². The Hall–Kier alpha value is -1.59. The Bertz CT molecular complexity index is 510. The molecule has 1 atom stereocenters. The maximum atomic E-state index is 10.7. The molecule has 96 valence electrons. The smallest absolute Gasteiger partial charge is 0.137 e. The third-order valence-corrected chi connectivity index (χ3v) is 3.25. The van der Waals surface area contributed by atoms with Crippen LogP contribution in [0, 0.1) is 0 Å². The van der Waals surface area contributed by atoms with Crippen LogP contribution >= 0.6 is 11.6 Å². The quantitative estimate of drug-likeness (QED) is 0.888. The molecule has 5 nitrogen and oxygen atoms in total. The SMILES string of the molecule is CCC(O)(Cn1cncn1)c1c(O)cccc1Cl. The Kier molecular flexibility index (Phi) is 3.54. The average molecular weight is 268 g/mol. The molecule has 0 bridgehead atoms. The van der Waals surface area contributed by atoms with Crippen LogP contribution in [0.15, 0.2) is 30.9 Å². The summed E-state index contributed by atoms with van der Waals surface area (Å²) < 4.78 is 1.51. The fourth-order valence-corrected chi connectivity index (χ4v) is 2.27. The van der Waals surface area contributed by atoms with Gasteiger partial charge in [-0.1, -0.05) is 24.6 Å². The summed E-state index contributed by atoms with van der Waals surface area (Å²) >= 11 is 6.07. The molecule has 0 aliphatic rings. The fraction of sp³-hybridized carbons (Fsp3) is 0.333. The molecule has 0 amide bonds. The van der Waals surface area contributed by atoms with Crippen LogP contribution < -0.4 is 0 Å². The number of halogens is 1. The molecular weight excluding hydrogens is 254 g/mol. The minimum Gasteiger partial charge on any atom is -0.508 e.